The zero-order chi connectivity index (χ0) is 15.4. The van der Waals surface area contributed by atoms with Crippen LogP contribution in [0, 0.1) is 11.3 Å². The Morgan fingerprint density at radius 3 is 2.68 bits per heavy atom. The summed E-state index contributed by atoms with van der Waals surface area (Å²) in [6.07, 6.45) is 0. The van der Waals surface area contributed by atoms with Crippen LogP contribution in [0.3, 0.4) is 0 Å². The van der Waals surface area contributed by atoms with Gasteiger partial charge in [-0.2, -0.15) is 10.5 Å². The highest BCUT2D eigenvalue weighted by atomic mass is 16.1. The Morgan fingerprint density at radius 2 is 2.00 bits per heavy atom. The van der Waals surface area contributed by atoms with Gasteiger partial charge in [0.15, 0.2) is 0 Å². The van der Waals surface area contributed by atoms with Crippen LogP contribution < -0.4 is 5.32 Å². The molecule has 0 unspecified atom stereocenters. The number of amides is 1. The number of tetrazole rings is 1. The summed E-state index contributed by atoms with van der Waals surface area (Å²) in [4.78, 5) is 12.1. The summed E-state index contributed by atoms with van der Waals surface area (Å²) in [5.41, 5.74) is 2.30. The van der Waals surface area contributed by atoms with Crippen LogP contribution in [-0.4, -0.2) is 26.5 Å². The summed E-state index contributed by atoms with van der Waals surface area (Å²) in [6, 6.07) is 15.6. The molecule has 7 nitrogen and oxygen atoms in total. The average Bonchev–Trinajstić information content (AvgIpc) is 3.10. The second kappa shape index (κ2) is 5.85. The molecule has 0 spiro atoms. The minimum Gasteiger partial charge on any atom is -0.322 e. The van der Waals surface area contributed by atoms with Crippen molar-refractivity contribution in [2.45, 2.75) is 0 Å². The number of aromatic amines is 1. The molecule has 0 radical (unpaired) electrons. The molecule has 1 aromatic heterocycles. The van der Waals surface area contributed by atoms with E-state index in [1.54, 1.807) is 48.5 Å². The Balaban J connectivity index is 1.75. The van der Waals surface area contributed by atoms with E-state index in [0.717, 1.165) is 5.56 Å². The van der Waals surface area contributed by atoms with Gasteiger partial charge in [0.05, 0.1) is 11.6 Å². The minimum atomic E-state index is -0.274. The first-order valence-electron chi connectivity index (χ1n) is 6.41. The number of hydrogen-bond acceptors (Lipinski definition) is 5. The van der Waals surface area contributed by atoms with Gasteiger partial charge >= 0.3 is 0 Å². The molecule has 0 bridgehead atoms. The number of nitrogens with zero attached hydrogens (tertiary/aromatic N) is 4. The third-order valence-corrected chi connectivity index (χ3v) is 3.00. The highest BCUT2D eigenvalue weighted by Crippen LogP contribution is 2.17. The summed E-state index contributed by atoms with van der Waals surface area (Å²) in [5, 5.41) is 25.3. The number of nitrogens with one attached hydrogen (secondary N) is 2. The van der Waals surface area contributed by atoms with Crippen molar-refractivity contribution in [3.63, 3.8) is 0 Å². The number of rotatable bonds is 3. The zero-order valence-electron chi connectivity index (χ0n) is 11.3. The van der Waals surface area contributed by atoms with Crippen molar-refractivity contribution < 1.29 is 4.79 Å². The summed E-state index contributed by atoms with van der Waals surface area (Å²) in [5.74, 6) is 0.212. The summed E-state index contributed by atoms with van der Waals surface area (Å²) >= 11 is 0. The fourth-order valence-electron chi connectivity index (χ4n) is 1.92. The summed E-state index contributed by atoms with van der Waals surface area (Å²) in [6.45, 7) is 0. The maximum atomic E-state index is 12.1. The lowest BCUT2D eigenvalue weighted by Gasteiger charge is -2.06. The van der Waals surface area contributed by atoms with Crippen LogP contribution >= 0.6 is 0 Å². The van der Waals surface area contributed by atoms with Gasteiger partial charge in [-0.05, 0) is 47.7 Å². The van der Waals surface area contributed by atoms with E-state index in [2.05, 4.69) is 25.9 Å². The molecule has 0 fully saturated rings. The van der Waals surface area contributed by atoms with Crippen molar-refractivity contribution in [2.75, 3.05) is 5.32 Å². The number of aromatic nitrogens is 4. The van der Waals surface area contributed by atoms with Crippen LogP contribution in [0.5, 0.6) is 0 Å². The highest BCUT2D eigenvalue weighted by molar-refractivity contribution is 6.04. The third-order valence-electron chi connectivity index (χ3n) is 3.00. The lowest BCUT2D eigenvalue weighted by molar-refractivity contribution is 0.102. The number of carbonyl (C=O) groups is 1. The van der Waals surface area contributed by atoms with E-state index in [9.17, 15) is 4.79 Å². The van der Waals surface area contributed by atoms with E-state index in [1.165, 1.54) is 0 Å². The van der Waals surface area contributed by atoms with Gasteiger partial charge in [-0.3, -0.25) is 4.79 Å². The molecule has 0 atom stereocenters. The van der Waals surface area contributed by atoms with Crippen LogP contribution in [-0.2, 0) is 0 Å². The Kier molecular flexibility index (Phi) is 3.58. The van der Waals surface area contributed by atoms with E-state index in [1.807, 2.05) is 6.07 Å². The Hall–Kier alpha value is -3.53. The summed E-state index contributed by atoms with van der Waals surface area (Å²) in [7, 11) is 0. The zero-order valence-corrected chi connectivity index (χ0v) is 11.3. The molecule has 1 heterocycles. The first kappa shape index (κ1) is 13.5. The third kappa shape index (κ3) is 2.81. The van der Waals surface area contributed by atoms with Crippen molar-refractivity contribution in [3.05, 3.63) is 59.7 Å². The molecule has 0 aliphatic heterocycles. The van der Waals surface area contributed by atoms with E-state index in [0.29, 0.717) is 22.6 Å². The molecule has 3 aromatic rings. The molecular weight excluding hydrogens is 280 g/mol. The molecule has 0 saturated carbocycles. The average molecular weight is 290 g/mol. The lowest BCUT2D eigenvalue weighted by Crippen LogP contribution is -2.11. The van der Waals surface area contributed by atoms with Gasteiger partial charge in [0, 0.05) is 16.8 Å². The first-order chi connectivity index (χ1) is 10.8. The highest BCUT2D eigenvalue weighted by Gasteiger charge is 2.08. The molecule has 0 aliphatic carbocycles. The maximum Gasteiger partial charge on any atom is 0.255 e. The van der Waals surface area contributed by atoms with Crippen molar-refractivity contribution in [1.29, 1.82) is 5.26 Å². The van der Waals surface area contributed by atoms with Crippen molar-refractivity contribution in [1.82, 2.24) is 20.6 Å². The van der Waals surface area contributed by atoms with E-state index in [-0.39, 0.29) is 5.91 Å². The maximum absolute atomic E-state index is 12.1. The van der Waals surface area contributed by atoms with Gasteiger partial charge in [-0.25, -0.2) is 0 Å². The molecule has 2 N–H and O–H groups in total. The number of nitriles is 1. The molecule has 106 valence electrons. The van der Waals surface area contributed by atoms with Gasteiger partial charge in [-0.1, -0.05) is 6.07 Å². The molecule has 0 aliphatic rings. The van der Waals surface area contributed by atoms with Gasteiger partial charge in [0.25, 0.3) is 5.91 Å². The minimum absolute atomic E-state index is 0.274. The SMILES string of the molecule is N#Cc1cccc(C(=O)Nc2ccc(-c3nn[nH]n3)cc2)c1. The number of anilines is 1. The standard InChI is InChI=1S/C15H10N6O/c16-9-10-2-1-3-12(8-10)15(22)17-13-6-4-11(5-7-13)14-18-20-21-19-14/h1-8H,(H,17,22)(H,18,19,20,21). The van der Waals surface area contributed by atoms with E-state index < -0.39 is 0 Å². The number of benzene rings is 2. The number of hydrogen-bond donors (Lipinski definition) is 2. The quantitative estimate of drug-likeness (QED) is 0.767. The van der Waals surface area contributed by atoms with Gasteiger partial charge < -0.3 is 5.32 Å². The summed E-state index contributed by atoms with van der Waals surface area (Å²) < 4.78 is 0. The molecule has 7 heteroatoms. The number of carbonyl (C=O) groups excluding carboxylic acids is 1. The molecule has 1 amide bonds. The second-order valence-electron chi connectivity index (χ2n) is 4.46. The van der Waals surface area contributed by atoms with Crippen LogP contribution in [0.15, 0.2) is 48.5 Å². The lowest BCUT2D eigenvalue weighted by atomic mass is 10.1. The monoisotopic (exact) mass is 290 g/mol. The van der Waals surface area contributed by atoms with E-state index in [4.69, 9.17) is 5.26 Å². The first-order valence-corrected chi connectivity index (χ1v) is 6.41. The Labute approximate surface area is 125 Å². The fourth-order valence-corrected chi connectivity index (χ4v) is 1.92. The molecule has 3 rings (SSSR count). The normalized spacial score (nSPS) is 9.95. The van der Waals surface area contributed by atoms with Crippen LogP contribution in [0.4, 0.5) is 5.69 Å². The van der Waals surface area contributed by atoms with Crippen molar-refractivity contribution >= 4 is 11.6 Å². The molecule has 2 aromatic carbocycles. The Bertz CT molecular complexity index is 833. The molecule has 22 heavy (non-hydrogen) atoms. The molecular formula is C15H10N6O. The predicted octanol–water partition coefficient (Wildman–Crippen LogP) is 1.99. The van der Waals surface area contributed by atoms with Gasteiger partial charge in [0.2, 0.25) is 5.82 Å². The fraction of sp³-hybridized carbons (Fsp3) is 0. The van der Waals surface area contributed by atoms with Crippen molar-refractivity contribution in [3.8, 4) is 17.5 Å². The van der Waals surface area contributed by atoms with Crippen LogP contribution in [0.1, 0.15) is 15.9 Å². The van der Waals surface area contributed by atoms with Gasteiger partial charge in [0.1, 0.15) is 0 Å². The largest absolute Gasteiger partial charge is 0.322 e. The van der Waals surface area contributed by atoms with Crippen LogP contribution in [0.2, 0.25) is 0 Å². The second-order valence-corrected chi connectivity index (χ2v) is 4.46. The number of H-pyrrole nitrogens is 1. The topological polar surface area (TPSA) is 107 Å². The van der Waals surface area contributed by atoms with Gasteiger partial charge in [-0.15, -0.1) is 10.2 Å². The predicted molar refractivity (Wildman–Crippen MR) is 78.7 cm³/mol. The van der Waals surface area contributed by atoms with Crippen molar-refractivity contribution in [2.24, 2.45) is 0 Å². The molecule has 0 saturated heterocycles. The van der Waals surface area contributed by atoms with E-state index >= 15 is 0 Å². The Morgan fingerprint density at radius 1 is 1.18 bits per heavy atom. The smallest absolute Gasteiger partial charge is 0.255 e. The van der Waals surface area contributed by atoms with Crippen LogP contribution in [0.25, 0.3) is 11.4 Å².